The van der Waals surface area contributed by atoms with Crippen LogP contribution in [-0.2, 0) is 0 Å². The highest BCUT2D eigenvalue weighted by atomic mass is 35.5. The molecule has 20 heavy (non-hydrogen) atoms. The Morgan fingerprint density at radius 3 is 2.85 bits per heavy atom. The van der Waals surface area contributed by atoms with E-state index in [1.54, 1.807) is 6.07 Å². The summed E-state index contributed by atoms with van der Waals surface area (Å²) in [6.45, 7) is 4.18. The highest BCUT2D eigenvalue weighted by Crippen LogP contribution is 2.35. The minimum Gasteiger partial charge on any atom is -0.306 e. The van der Waals surface area contributed by atoms with Crippen molar-refractivity contribution in [1.29, 1.82) is 0 Å². The van der Waals surface area contributed by atoms with Crippen molar-refractivity contribution in [3.05, 3.63) is 33.6 Å². The molecule has 1 N–H and O–H groups in total. The van der Waals surface area contributed by atoms with Crippen molar-refractivity contribution >= 4 is 35.0 Å². The van der Waals surface area contributed by atoms with E-state index in [-0.39, 0.29) is 11.1 Å². The van der Waals surface area contributed by atoms with Crippen LogP contribution in [0.4, 0.5) is 4.39 Å². The molecule has 0 spiro atoms. The molecule has 3 unspecified atom stereocenters. The van der Waals surface area contributed by atoms with Crippen molar-refractivity contribution in [1.82, 2.24) is 5.32 Å². The number of hydrogen-bond acceptors (Lipinski definition) is 2. The van der Waals surface area contributed by atoms with Crippen LogP contribution in [-0.4, -0.2) is 17.0 Å². The molecular formula is C15H20Cl2FNS. The Morgan fingerprint density at radius 1 is 1.40 bits per heavy atom. The zero-order valence-corrected chi connectivity index (χ0v) is 14.1. The quantitative estimate of drug-likeness (QED) is 0.717. The fourth-order valence-electron chi connectivity index (χ4n) is 2.87. The predicted octanol–water partition coefficient (Wildman–Crippen LogP) is 5.46. The van der Waals surface area contributed by atoms with Gasteiger partial charge in [-0.25, -0.2) is 4.39 Å². The Hall–Kier alpha value is 0.0400. The lowest BCUT2D eigenvalue weighted by Gasteiger charge is -2.26. The lowest BCUT2D eigenvalue weighted by atomic mass is 10.1. The third-order valence-corrected chi connectivity index (χ3v) is 5.85. The summed E-state index contributed by atoms with van der Waals surface area (Å²) in [5.41, 5.74) is 0.667. The maximum absolute atomic E-state index is 13.6. The molecule has 1 saturated carbocycles. The molecule has 3 atom stereocenters. The van der Waals surface area contributed by atoms with Gasteiger partial charge in [0, 0.05) is 27.9 Å². The third kappa shape index (κ3) is 3.62. The van der Waals surface area contributed by atoms with Gasteiger partial charge in [0.2, 0.25) is 0 Å². The molecule has 1 nitrogen and oxygen atoms in total. The van der Waals surface area contributed by atoms with Gasteiger partial charge in [-0.3, -0.25) is 0 Å². The number of thioether (sulfide) groups is 1. The van der Waals surface area contributed by atoms with E-state index in [9.17, 15) is 4.39 Å². The summed E-state index contributed by atoms with van der Waals surface area (Å²) in [5, 5.41) is 4.87. The number of nitrogens with one attached hydrogen (secondary N) is 1. The molecule has 1 aliphatic carbocycles. The lowest BCUT2D eigenvalue weighted by molar-refractivity contribution is 0.465. The van der Waals surface area contributed by atoms with Crippen LogP contribution in [0.5, 0.6) is 0 Å². The zero-order chi connectivity index (χ0) is 14.7. The molecule has 112 valence electrons. The molecule has 0 radical (unpaired) electrons. The molecule has 5 heteroatoms. The largest absolute Gasteiger partial charge is 0.306 e. The van der Waals surface area contributed by atoms with Crippen molar-refractivity contribution in [2.75, 3.05) is 5.75 Å². The number of benzene rings is 1. The summed E-state index contributed by atoms with van der Waals surface area (Å²) in [5.74, 6) is 0.712. The van der Waals surface area contributed by atoms with E-state index in [2.05, 4.69) is 12.2 Å². The SMILES string of the molecule is CCSC1CCCC1NC(C)c1c(Cl)ccc(F)c1Cl. The van der Waals surface area contributed by atoms with Crippen LogP contribution in [0, 0.1) is 5.82 Å². The van der Waals surface area contributed by atoms with E-state index in [1.165, 1.54) is 18.9 Å². The van der Waals surface area contributed by atoms with Gasteiger partial charge in [0.25, 0.3) is 0 Å². The first-order chi connectivity index (χ1) is 9.54. The van der Waals surface area contributed by atoms with Crippen molar-refractivity contribution in [2.45, 2.75) is 50.4 Å². The standard InChI is InChI=1S/C15H20Cl2FNS/c1-3-20-13-6-4-5-12(13)19-9(2)14-10(16)7-8-11(18)15(14)17/h7-9,12-13,19H,3-6H2,1-2H3. The second-order valence-electron chi connectivity index (χ2n) is 5.18. The first-order valence-electron chi connectivity index (χ1n) is 7.05. The van der Waals surface area contributed by atoms with E-state index >= 15 is 0 Å². The van der Waals surface area contributed by atoms with Crippen LogP contribution >= 0.6 is 35.0 Å². The highest BCUT2D eigenvalue weighted by molar-refractivity contribution is 7.99. The van der Waals surface area contributed by atoms with E-state index in [0.717, 1.165) is 12.2 Å². The van der Waals surface area contributed by atoms with E-state index in [4.69, 9.17) is 23.2 Å². The fraction of sp³-hybridized carbons (Fsp3) is 0.600. The Labute approximate surface area is 134 Å². The van der Waals surface area contributed by atoms with Gasteiger partial charge < -0.3 is 5.32 Å². The van der Waals surface area contributed by atoms with Crippen LogP contribution < -0.4 is 5.32 Å². The van der Waals surface area contributed by atoms with E-state index < -0.39 is 5.82 Å². The zero-order valence-electron chi connectivity index (χ0n) is 11.8. The molecule has 2 rings (SSSR count). The first kappa shape index (κ1) is 16.4. The predicted molar refractivity (Wildman–Crippen MR) is 87.5 cm³/mol. The fourth-order valence-corrected chi connectivity index (χ4v) is 4.78. The number of hydrogen-bond donors (Lipinski definition) is 1. The highest BCUT2D eigenvalue weighted by Gasteiger charge is 2.29. The van der Waals surface area contributed by atoms with Crippen molar-refractivity contribution in [3.63, 3.8) is 0 Å². The molecule has 0 aliphatic heterocycles. The van der Waals surface area contributed by atoms with Gasteiger partial charge in [0.15, 0.2) is 0 Å². The molecule has 1 fully saturated rings. The first-order valence-corrected chi connectivity index (χ1v) is 8.86. The summed E-state index contributed by atoms with van der Waals surface area (Å²) in [6.07, 6.45) is 3.65. The monoisotopic (exact) mass is 335 g/mol. The molecule has 0 bridgehead atoms. The molecule has 1 aliphatic rings. The van der Waals surface area contributed by atoms with Crippen molar-refractivity contribution in [2.24, 2.45) is 0 Å². The Balaban J connectivity index is 2.12. The van der Waals surface area contributed by atoms with Crippen molar-refractivity contribution < 1.29 is 4.39 Å². The van der Waals surface area contributed by atoms with Gasteiger partial charge in [-0.05, 0) is 37.7 Å². The third-order valence-electron chi connectivity index (χ3n) is 3.81. The minimum absolute atomic E-state index is 0.0474. The van der Waals surface area contributed by atoms with E-state index in [0.29, 0.717) is 21.9 Å². The van der Waals surface area contributed by atoms with Gasteiger partial charge in [-0.15, -0.1) is 0 Å². The minimum atomic E-state index is -0.411. The Bertz CT molecular complexity index is 469. The Kier molecular flexibility index (Phi) is 6.03. The average molecular weight is 336 g/mol. The summed E-state index contributed by atoms with van der Waals surface area (Å²) < 4.78 is 13.6. The summed E-state index contributed by atoms with van der Waals surface area (Å²) >= 11 is 14.2. The van der Waals surface area contributed by atoms with Gasteiger partial charge in [0.05, 0.1) is 5.02 Å². The molecule has 1 aromatic rings. The number of halogens is 3. The maximum Gasteiger partial charge on any atom is 0.142 e. The molecule has 0 saturated heterocycles. The van der Waals surface area contributed by atoms with Crippen LogP contribution in [0.1, 0.15) is 44.7 Å². The molecule has 1 aromatic carbocycles. The average Bonchev–Trinajstić information content (AvgIpc) is 2.82. The van der Waals surface area contributed by atoms with Gasteiger partial charge >= 0.3 is 0 Å². The van der Waals surface area contributed by atoms with Crippen LogP contribution in [0.25, 0.3) is 0 Å². The van der Waals surface area contributed by atoms with Gasteiger partial charge in [-0.2, -0.15) is 11.8 Å². The molecular weight excluding hydrogens is 316 g/mol. The van der Waals surface area contributed by atoms with Crippen LogP contribution in [0.15, 0.2) is 12.1 Å². The van der Waals surface area contributed by atoms with Crippen LogP contribution in [0.3, 0.4) is 0 Å². The van der Waals surface area contributed by atoms with Crippen LogP contribution in [0.2, 0.25) is 10.0 Å². The molecule has 0 amide bonds. The smallest absolute Gasteiger partial charge is 0.142 e. The topological polar surface area (TPSA) is 12.0 Å². The van der Waals surface area contributed by atoms with Crippen molar-refractivity contribution in [3.8, 4) is 0 Å². The summed E-state index contributed by atoms with van der Waals surface area (Å²) in [6, 6.07) is 3.29. The second-order valence-corrected chi connectivity index (χ2v) is 7.48. The van der Waals surface area contributed by atoms with Gasteiger partial charge in [-0.1, -0.05) is 36.5 Å². The molecule has 0 heterocycles. The lowest BCUT2D eigenvalue weighted by Crippen LogP contribution is -2.36. The Morgan fingerprint density at radius 2 is 2.15 bits per heavy atom. The van der Waals surface area contributed by atoms with Gasteiger partial charge in [0.1, 0.15) is 5.82 Å². The second kappa shape index (κ2) is 7.35. The maximum atomic E-state index is 13.6. The normalized spacial score (nSPS) is 24.1. The summed E-state index contributed by atoms with van der Waals surface area (Å²) in [4.78, 5) is 0. The summed E-state index contributed by atoms with van der Waals surface area (Å²) in [7, 11) is 0. The van der Waals surface area contributed by atoms with E-state index in [1.807, 2.05) is 18.7 Å². The number of rotatable bonds is 5. The molecule has 0 aromatic heterocycles.